The van der Waals surface area contributed by atoms with Gasteiger partial charge in [-0.05, 0) is 117 Å². The molecule has 2 amide bonds. The van der Waals surface area contributed by atoms with E-state index in [-0.39, 0.29) is 64.9 Å². The maximum atomic E-state index is 14.3. The van der Waals surface area contributed by atoms with E-state index in [4.69, 9.17) is 9.47 Å². The summed E-state index contributed by atoms with van der Waals surface area (Å²) in [5.74, 6) is -0.313. The molecule has 72 heavy (non-hydrogen) atoms. The van der Waals surface area contributed by atoms with Gasteiger partial charge in [-0.3, -0.25) is 9.59 Å². The summed E-state index contributed by atoms with van der Waals surface area (Å²) < 4.78 is 70.8. The van der Waals surface area contributed by atoms with Crippen molar-refractivity contribution in [2.45, 2.75) is 86.0 Å². The number of H-pyrrole nitrogens is 2. The molecule has 0 spiro atoms. The molecule has 9 heterocycles. The van der Waals surface area contributed by atoms with Crippen LogP contribution in [0.5, 0.6) is 0 Å². The van der Waals surface area contributed by atoms with Crippen LogP contribution in [0.3, 0.4) is 0 Å². The fourth-order valence-electron chi connectivity index (χ4n) is 12.2. The zero-order valence-corrected chi connectivity index (χ0v) is 42.9. The maximum Gasteiger partial charge on any atom is 0.243 e. The third-order valence-corrected chi connectivity index (χ3v) is 19.7. The van der Waals surface area contributed by atoms with Crippen molar-refractivity contribution in [3.63, 3.8) is 0 Å². The molecule has 7 saturated heterocycles. The van der Waals surface area contributed by atoms with E-state index in [9.17, 15) is 26.4 Å². The van der Waals surface area contributed by atoms with Gasteiger partial charge in [-0.2, -0.15) is 8.61 Å². The first kappa shape index (κ1) is 47.3. The Morgan fingerprint density at radius 3 is 1.90 bits per heavy atom. The van der Waals surface area contributed by atoms with Crippen LogP contribution in [0.25, 0.3) is 44.3 Å². The number of nitrogens with zero attached hydrogens (tertiary/aromatic N) is 6. The van der Waals surface area contributed by atoms with Crippen molar-refractivity contribution in [2.75, 3.05) is 89.5 Å². The number of hydrogen-bond acceptors (Lipinski definition) is 10. The van der Waals surface area contributed by atoms with Crippen LogP contribution in [-0.4, -0.2) is 161 Å². The van der Waals surface area contributed by atoms with Crippen molar-refractivity contribution < 1.29 is 35.9 Å². The highest BCUT2D eigenvalue weighted by Crippen LogP contribution is 2.43. The second-order valence-corrected chi connectivity index (χ2v) is 25.2. The zero-order valence-electron chi connectivity index (χ0n) is 41.3. The second-order valence-electron chi connectivity index (χ2n) is 21.1. The molecule has 0 saturated carbocycles. The van der Waals surface area contributed by atoms with Gasteiger partial charge in [0.05, 0.1) is 60.4 Å². The smallest absolute Gasteiger partial charge is 0.243 e. The second kappa shape index (κ2) is 18.0. The van der Waals surface area contributed by atoms with Crippen LogP contribution in [0.1, 0.15) is 54.7 Å². The molecule has 16 nitrogen and oxygen atoms in total. The minimum absolute atomic E-state index is 0.00277. The summed E-state index contributed by atoms with van der Waals surface area (Å²) in [5.41, 5.74) is 10.4. The molecule has 378 valence electrons. The number of aromatic amines is 2. The van der Waals surface area contributed by atoms with Gasteiger partial charge in [-0.15, -0.1) is 0 Å². The summed E-state index contributed by atoms with van der Waals surface area (Å²) in [5, 5.41) is 2.08. The molecule has 13 rings (SSSR count). The summed E-state index contributed by atoms with van der Waals surface area (Å²) in [6.07, 6.45) is 4.85. The number of morpholine rings is 2. The van der Waals surface area contributed by atoms with Gasteiger partial charge in [0.1, 0.15) is 0 Å². The van der Waals surface area contributed by atoms with Crippen molar-refractivity contribution in [3.8, 4) is 22.5 Å². The number of rotatable bonds is 13. The molecule has 4 bridgehead atoms. The van der Waals surface area contributed by atoms with Crippen LogP contribution in [0.15, 0.2) is 88.7 Å². The lowest BCUT2D eigenvalue weighted by molar-refractivity contribution is -0.187. The van der Waals surface area contributed by atoms with E-state index < -0.39 is 20.0 Å². The molecule has 5 atom stereocenters. The highest BCUT2D eigenvalue weighted by Gasteiger charge is 2.46. The van der Waals surface area contributed by atoms with Crippen molar-refractivity contribution in [3.05, 3.63) is 95.6 Å². The van der Waals surface area contributed by atoms with Gasteiger partial charge < -0.3 is 39.0 Å². The van der Waals surface area contributed by atoms with Crippen LogP contribution in [0, 0.1) is 13.8 Å². The SMILES string of the molecule is Cc1ccc2cc(-c3cc(S(=O)(=O)N(C)CC(=O)N4C5COCC4C5)ccc3N3CCC(c4cc(C)cc5[nH]c(-c6cc(S(=O)(=O)N(C)CC(=O)N7CC8CC(C7)O8)ccc6N6CCCC6)cc45)C3)[nH]c2c1. The van der Waals surface area contributed by atoms with Gasteiger partial charge >= 0.3 is 0 Å². The average Bonchev–Trinajstić information content (AvgIpc) is 4.21. The summed E-state index contributed by atoms with van der Waals surface area (Å²) in [7, 11) is -5.14. The highest BCUT2D eigenvalue weighted by atomic mass is 32.2. The fourth-order valence-corrected chi connectivity index (χ4v) is 14.5. The molecule has 7 aliphatic rings. The Balaban J connectivity index is 0.849. The molecule has 18 heteroatoms. The van der Waals surface area contributed by atoms with Crippen LogP contribution in [0.2, 0.25) is 0 Å². The van der Waals surface area contributed by atoms with E-state index in [1.807, 2.05) is 19.1 Å². The quantitative estimate of drug-likeness (QED) is 0.131. The van der Waals surface area contributed by atoms with Gasteiger partial charge in [0.25, 0.3) is 0 Å². The Morgan fingerprint density at radius 1 is 0.653 bits per heavy atom. The minimum Gasteiger partial charge on any atom is -0.377 e. The normalized spacial score (nSPS) is 23.2. The van der Waals surface area contributed by atoms with Crippen molar-refractivity contribution >= 4 is 65.0 Å². The maximum absolute atomic E-state index is 14.3. The van der Waals surface area contributed by atoms with Crippen LogP contribution in [0.4, 0.5) is 11.4 Å². The summed E-state index contributed by atoms with van der Waals surface area (Å²) >= 11 is 0. The molecule has 6 aromatic rings. The topological polar surface area (TPSA) is 172 Å². The number of piperidine rings is 1. The molecule has 7 fully saturated rings. The number of aryl methyl sites for hydroxylation is 2. The minimum atomic E-state index is -4.06. The Bertz CT molecular complexity index is 3360. The van der Waals surface area contributed by atoms with E-state index in [1.165, 1.54) is 19.7 Å². The molecule has 5 unspecified atom stereocenters. The summed E-state index contributed by atoms with van der Waals surface area (Å²) in [4.78, 5) is 42.5. The summed E-state index contributed by atoms with van der Waals surface area (Å²) in [6, 6.07) is 25.5. The zero-order chi connectivity index (χ0) is 49.8. The molecular formula is C54H62N8O8S2. The van der Waals surface area contributed by atoms with Gasteiger partial charge in [-0.1, -0.05) is 18.2 Å². The first-order valence-electron chi connectivity index (χ1n) is 25.3. The van der Waals surface area contributed by atoms with Crippen molar-refractivity contribution in [1.29, 1.82) is 0 Å². The van der Waals surface area contributed by atoms with E-state index in [1.54, 1.807) is 34.1 Å². The van der Waals surface area contributed by atoms with Gasteiger partial charge in [0, 0.05) is 121 Å². The fraction of sp³-hybridized carbons (Fsp3) is 0.444. The predicted octanol–water partition coefficient (Wildman–Crippen LogP) is 6.43. The first-order valence-corrected chi connectivity index (χ1v) is 28.2. The largest absolute Gasteiger partial charge is 0.377 e. The van der Waals surface area contributed by atoms with Crippen LogP contribution < -0.4 is 9.80 Å². The van der Waals surface area contributed by atoms with Gasteiger partial charge in [0.2, 0.25) is 31.9 Å². The van der Waals surface area contributed by atoms with Gasteiger partial charge in [0.15, 0.2) is 0 Å². The van der Waals surface area contributed by atoms with E-state index >= 15 is 0 Å². The van der Waals surface area contributed by atoms with Crippen molar-refractivity contribution in [2.24, 2.45) is 0 Å². The number of sulfonamides is 2. The van der Waals surface area contributed by atoms with E-state index in [2.05, 4.69) is 69.2 Å². The molecule has 0 radical (unpaired) electrons. The number of fused-ring (bicyclic) bond motifs is 6. The number of carbonyl (C=O) groups excluding carboxylic acids is 2. The van der Waals surface area contributed by atoms with Crippen LogP contribution >= 0.6 is 0 Å². The Morgan fingerprint density at radius 2 is 1.25 bits per heavy atom. The standard InChI is InChI=1S/C54H62N8O8S2/c1-33-7-8-35-20-49(55-47(35)18-33)45-23-42(72(67,68)58(4)30-54(64)62-37-21-38(62)32-69-31-37)10-12-52(45)60-16-13-36(26-60)43-17-34(2)19-48-44(43)25-50(56-48)46-24-41(9-11-51(46)59-14-5-6-15-59)71(65,66)57(3)29-53(63)61-27-39-22-40(28-61)70-39/h7-12,17-20,23-25,36-40,55-56H,5-6,13-16,21-22,26-32H2,1-4H3. The van der Waals surface area contributed by atoms with Crippen molar-refractivity contribution in [1.82, 2.24) is 28.4 Å². The number of amides is 2. The number of benzene rings is 4. The molecule has 2 N–H and O–H groups in total. The molecule has 7 aliphatic heterocycles. The number of aromatic nitrogens is 2. The molecule has 4 aromatic carbocycles. The molecule has 2 aromatic heterocycles. The number of carbonyl (C=O) groups is 2. The van der Waals surface area contributed by atoms with Crippen LogP contribution in [-0.2, 0) is 39.1 Å². The number of ether oxygens (including phenoxy) is 2. The van der Waals surface area contributed by atoms with Gasteiger partial charge in [-0.25, -0.2) is 16.8 Å². The number of hydrogen-bond donors (Lipinski definition) is 2. The average molecular weight is 1020 g/mol. The highest BCUT2D eigenvalue weighted by molar-refractivity contribution is 7.89. The first-order chi connectivity index (χ1) is 34.6. The Kier molecular flexibility index (Phi) is 11.8. The van der Waals surface area contributed by atoms with E-state index in [0.29, 0.717) is 32.8 Å². The lowest BCUT2D eigenvalue weighted by Gasteiger charge is -2.52. The number of likely N-dealkylation sites (N-methyl/N-ethyl adjacent to an activating group) is 2. The third-order valence-electron chi connectivity index (χ3n) is 16.1. The number of nitrogens with one attached hydrogen (secondary N) is 2. The Hall–Kier alpha value is -5.76. The lowest BCUT2D eigenvalue weighted by Crippen LogP contribution is -2.66. The van der Waals surface area contributed by atoms with E-state index in [0.717, 1.165) is 127 Å². The summed E-state index contributed by atoms with van der Waals surface area (Å²) in [6.45, 7) is 8.73. The lowest BCUT2D eigenvalue weighted by atomic mass is 9.91. The predicted molar refractivity (Wildman–Crippen MR) is 277 cm³/mol. The molecular weight excluding hydrogens is 953 g/mol. The molecule has 0 aliphatic carbocycles. The third kappa shape index (κ3) is 8.37. The monoisotopic (exact) mass is 1010 g/mol. The number of anilines is 2. The Labute approximate surface area is 420 Å².